The number of amides is 2. The third kappa shape index (κ3) is 8.68. The van der Waals surface area contributed by atoms with Gasteiger partial charge in [0.2, 0.25) is 21.8 Å². The lowest BCUT2D eigenvalue weighted by Crippen LogP contribution is -2.54. The van der Waals surface area contributed by atoms with Crippen LogP contribution in [0.1, 0.15) is 43.9 Å². The predicted molar refractivity (Wildman–Crippen MR) is 157 cm³/mol. The van der Waals surface area contributed by atoms with Gasteiger partial charge in [-0.3, -0.25) is 13.9 Å². The predicted octanol–water partition coefficient (Wildman–Crippen LogP) is 4.57. The Bertz CT molecular complexity index is 1310. The molecular formula is C31H39N3O4S. The zero-order chi connectivity index (χ0) is 28.4. The molecular weight excluding hydrogens is 510 g/mol. The van der Waals surface area contributed by atoms with E-state index in [0.29, 0.717) is 12.1 Å². The lowest BCUT2D eigenvalue weighted by Gasteiger charge is -2.34. The fraction of sp³-hybridized carbons (Fsp3) is 0.355. The number of rotatable bonds is 13. The normalized spacial score (nSPS) is 12.8. The summed E-state index contributed by atoms with van der Waals surface area (Å²) in [4.78, 5) is 29.2. The third-order valence-corrected chi connectivity index (χ3v) is 7.92. The van der Waals surface area contributed by atoms with E-state index in [9.17, 15) is 18.0 Å². The molecule has 3 aromatic carbocycles. The van der Waals surface area contributed by atoms with Crippen molar-refractivity contribution in [2.45, 2.75) is 58.7 Å². The van der Waals surface area contributed by atoms with Gasteiger partial charge in [0.1, 0.15) is 12.6 Å². The van der Waals surface area contributed by atoms with Crippen LogP contribution in [0.3, 0.4) is 0 Å². The number of benzene rings is 3. The number of carbonyl (C=O) groups excluding carboxylic acids is 2. The molecule has 2 atom stereocenters. The second-order valence-corrected chi connectivity index (χ2v) is 11.7. The molecule has 7 nitrogen and oxygen atoms in total. The Balaban J connectivity index is 2.02. The zero-order valence-corrected chi connectivity index (χ0v) is 24.0. The highest BCUT2D eigenvalue weighted by atomic mass is 32.2. The zero-order valence-electron chi connectivity index (χ0n) is 23.2. The molecule has 0 spiro atoms. The highest BCUT2D eigenvalue weighted by Gasteiger charge is 2.33. The highest BCUT2D eigenvalue weighted by molar-refractivity contribution is 7.92. The molecule has 0 aliphatic carbocycles. The molecule has 39 heavy (non-hydrogen) atoms. The first-order chi connectivity index (χ1) is 18.6. The Kier molecular flexibility index (Phi) is 10.7. The number of sulfonamides is 1. The van der Waals surface area contributed by atoms with Crippen molar-refractivity contribution in [3.05, 3.63) is 102 Å². The first-order valence-corrected chi connectivity index (χ1v) is 15.2. The molecule has 1 N–H and O–H groups in total. The Morgan fingerprint density at radius 3 is 1.90 bits per heavy atom. The smallest absolute Gasteiger partial charge is 0.244 e. The maximum Gasteiger partial charge on any atom is 0.244 e. The Morgan fingerprint density at radius 1 is 0.821 bits per heavy atom. The minimum absolute atomic E-state index is 0.0750. The van der Waals surface area contributed by atoms with Crippen LogP contribution in [0.2, 0.25) is 0 Å². The van der Waals surface area contributed by atoms with Gasteiger partial charge in [-0.25, -0.2) is 8.42 Å². The van der Waals surface area contributed by atoms with Crippen molar-refractivity contribution in [2.24, 2.45) is 0 Å². The van der Waals surface area contributed by atoms with Crippen molar-refractivity contribution in [2.75, 3.05) is 17.1 Å². The second-order valence-electron chi connectivity index (χ2n) is 9.82. The van der Waals surface area contributed by atoms with E-state index in [4.69, 9.17) is 0 Å². The van der Waals surface area contributed by atoms with Gasteiger partial charge < -0.3 is 10.2 Å². The molecule has 8 heteroatoms. The number of anilines is 1. The van der Waals surface area contributed by atoms with Crippen molar-refractivity contribution in [1.82, 2.24) is 10.2 Å². The summed E-state index contributed by atoms with van der Waals surface area (Å²) in [6.45, 7) is 5.67. The summed E-state index contributed by atoms with van der Waals surface area (Å²) >= 11 is 0. The molecule has 0 saturated carbocycles. The van der Waals surface area contributed by atoms with E-state index in [1.807, 2.05) is 93.6 Å². The molecule has 0 unspecified atom stereocenters. The van der Waals surface area contributed by atoms with E-state index in [-0.39, 0.29) is 18.5 Å². The first kappa shape index (κ1) is 29.9. The maximum absolute atomic E-state index is 14.0. The Hall–Kier alpha value is -3.65. The minimum Gasteiger partial charge on any atom is -0.352 e. The SMILES string of the molecule is CCc1ccc(N(CC(=O)N(Cc2ccccc2)[C@H](Cc2ccccc2)C(=O)N[C@H](C)CC)S(C)(=O)=O)cc1. The number of hydrogen-bond acceptors (Lipinski definition) is 4. The molecule has 0 fully saturated rings. The van der Waals surface area contributed by atoms with E-state index in [2.05, 4.69) is 5.32 Å². The van der Waals surface area contributed by atoms with Crippen LogP contribution in [0.5, 0.6) is 0 Å². The van der Waals surface area contributed by atoms with Gasteiger partial charge in [-0.15, -0.1) is 0 Å². The van der Waals surface area contributed by atoms with Gasteiger partial charge in [0.15, 0.2) is 0 Å². The van der Waals surface area contributed by atoms with Crippen LogP contribution in [-0.2, 0) is 39.0 Å². The number of hydrogen-bond donors (Lipinski definition) is 1. The van der Waals surface area contributed by atoms with Crippen LogP contribution in [0.15, 0.2) is 84.9 Å². The van der Waals surface area contributed by atoms with E-state index < -0.39 is 28.5 Å². The fourth-order valence-electron chi connectivity index (χ4n) is 4.29. The molecule has 0 saturated heterocycles. The topological polar surface area (TPSA) is 86.8 Å². The van der Waals surface area contributed by atoms with E-state index in [0.717, 1.165) is 40.1 Å². The fourth-order valence-corrected chi connectivity index (χ4v) is 5.14. The largest absolute Gasteiger partial charge is 0.352 e. The molecule has 3 aromatic rings. The van der Waals surface area contributed by atoms with Gasteiger partial charge in [0.05, 0.1) is 11.9 Å². The van der Waals surface area contributed by atoms with E-state index in [1.54, 1.807) is 12.1 Å². The number of nitrogens with zero attached hydrogens (tertiary/aromatic N) is 2. The quantitative estimate of drug-likeness (QED) is 0.338. The number of nitrogens with one attached hydrogen (secondary N) is 1. The second kappa shape index (κ2) is 13.9. The molecule has 208 valence electrons. The van der Waals surface area contributed by atoms with Crippen molar-refractivity contribution in [3.8, 4) is 0 Å². The lowest BCUT2D eigenvalue weighted by molar-refractivity contribution is -0.140. The Morgan fingerprint density at radius 2 is 1.38 bits per heavy atom. The Labute approximate surface area is 232 Å². The van der Waals surface area contributed by atoms with E-state index in [1.165, 1.54) is 4.90 Å². The van der Waals surface area contributed by atoms with Gasteiger partial charge in [0.25, 0.3) is 0 Å². The van der Waals surface area contributed by atoms with Crippen molar-refractivity contribution < 1.29 is 18.0 Å². The maximum atomic E-state index is 14.0. The van der Waals surface area contributed by atoms with Crippen molar-refractivity contribution >= 4 is 27.5 Å². The summed E-state index contributed by atoms with van der Waals surface area (Å²) in [7, 11) is -3.78. The average Bonchev–Trinajstić information content (AvgIpc) is 2.94. The van der Waals surface area contributed by atoms with Gasteiger partial charge in [-0.2, -0.15) is 0 Å². The van der Waals surface area contributed by atoms with Gasteiger partial charge in [-0.1, -0.05) is 86.6 Å². The molecule has 0 aliphatic rings. The number of aryl methyl sites for hydroxylation is 1. The summed E-state index contributed by atoms with van der Waals surface area (Å²) < 4.78 is 26.8. The lowest BCUT2D eigenvalue weighted by atomic mass is 10.0. The third-order valence-electron chi connectivity index (χ3n) is 6.78. The van der Waals surface area contributed by atoms with Crippen LogP contribution in [0.25, 0.3) is 0 Å². The van der Waals surface area contributed by atoms with E-state index >= 15 is 0 Å². The summed E-state index contributed by atoms with van der Waals surface area (Å²) in [5, 5.41) is 3.03. The highest BCUT2D eigenvalue weighted by Crippen LogP contribution is 2.21. The molecule has 0 radical (unpaired) electrons. The molecule has 0 bridgehead atoms. The van der Waals surface area contributed by atoms with Crippen LogP contribution < -0.4 is 9.62 Å². The van der Waals surface area contributed by atoms with Crippen LogP contribution in [0, 0.1) is 0 Å². The molecule has 0 aromatic heterocycles. The minimum atomic E-state index is -3.78. The standard InChI is InChI=1S/C31H39N3O4S/c1-5-24(3)32-31(36)29(21-26-13-9-7-10-14-26)33(22-27-15-11-8-12-16-27)30(35)23-34(39(4,37)38)28-19-17-25(6-2)18-20-28/h7-20,24,29H,5-6,21-23H2,1-4H3,(H,32,36)/t24-,29-/m1/s1. The number of carbonyl (C=O) groups is 2. The summed E-state index contributed by atoms with van der Waals surface area (Å²) in [6, 6.07) is 25.2. The summed E-state index contributed by atoms with van der Waals surface area (Å²) in [5.41, 5.74) is 3.22. The van der Waals surface area contributed by atoms with Gasteiger partial charge in [0, 0.05) is 19.0 Å². The van der Waals surface area contributed by atoms with Crippen LogP contribution in [-0.4, -0.2) is 50.0 Å². The van der Waals surface area contributed by atoms with Crippen molar-refractivity contribution in [1.29, 1.82) is 0 Å². The van der Waals surface area contributed by atoms with Gasteiger partial charge in [-0.05, 0) is 48.6 Å². The molecule has 0 heterocycles. The summed E-state index contributed by atoms with van der Waals surface area (Å²) in [6.07, 6.45) is 2.94. The van der Waals surface area contributed by atoms with Crippen LogP contribution >= 0.6 is 0 Å². The average molecular weight is 550 g/mol. The van der Waals surface area contributed by atoms with Gasteiger partial charge >= 0.3 is 0 Å². The summed E-state index contributed by atoms with van der Waals surface area (Å²) in [5.74, 6) is -0.722. The monoisotopic (exact) mass is 549 g/mol. The molecule has 2 amide bonds. The molecule has 0 aliphatic heterocycles. The van der Waals surface area contributed by atoms with Crippen molar-refractivity contribution in [3.63, 3.8) is 0 Å². The first-order valence-electron chi connectivity index (χ1n) is 13.4. The van der Waals surface area contributed by atoms with Crippen LogP contribution in [0.4, 0.5) is 5.69 Å². The molecule has 3 rings (SSSR count).